The summed E-state index contributed by atoms with van der Waals surface area (Å²) in [4.78, 5) is 0. The Morgan fingerprint density at radius 3 is 1.04 bits per heavy atom. The van der Waals surface area contributed by atoms with E-state index in [9.17, 15) is 0 Å². The Hall–Kier alpha value is -2.69. The van der Waals surface area contributed by atoms with Gasteiger partial charge in [-0.25, -0.2) is 0 Å². The summed E-state index contributed by atoms with van der Waals surface area (Å²) in [6.07, 6.45) is 0. The molecule has 0 radical (unpaired) electrons. The van der Waals surface area contributed by atoms with Crippen molar-refractivity contribution < 1.29 is 0 Å². The normalized spacial score (nSPS) is 13.2. The lowest BCUT2D eigenvalue weighted by Crippen LogP contribution is -2.29. The maximum atomic E-state index is 2.53. The number of rotatable bonds is 10. The highest BCUT2D eigenvalue weighted by atomic mass is 31.1. The van der Waals surface area contributed by atoms with Gasteiger partial charge in [0.25, 0.3) is 0 Å². The van der Waals surface area contributed by atoms with E-state index in [4.69, 9.17) is 0 Å². The zero-order valence-electron chi connectivity index (χ0n) is 32.3. The summed E-state index contributed by atoms with van der Waals surface area (Å²) in [5.74, 6) is 2.64. The van der Waals surface area contributed by atoms with Crippen LogP contribution in [0.2, 0.25) is 0 Å². The Morgan fingerprint density at radius 1 is 0.426 bits per heavy atom. The van der Waals surface area contributed by atoms with Gasteiger partial charge in [-0.1, -0.05) is 177 Å². The highest BCUT2D eigenvalue weighted by molar-refractivity contribution is 7.74. The van der Waals surface area contributed by atoms with Crippen molar-refractivity contribution in [3.8, 4) is 22.3 Å². The Kier molecular flexibility index (Phi) is 11.7. The Labute approximate surface area is 290 Å². The zero-order valence-corrected chi connectivity index (χ0v) is 33.2. The first-order chi connectivity index (χ1) is 21.9. The molecular formula is C46H63P. The van der Waals surface area contributed by atoms with E-state index in [1.165, 1.54) is 60.9 Å². The van der Waals surface area contributed by atoms with Crippen LogP contribution in [-0.4, -0.2) is 5.16 Å². The van der Waals surface area contributed by atoms with Gasteiger partial charge in [0.15, 0.2) is 0 Å². The molecule has 1 heteroatoms. The van der Waals surface area contributed by atoms with Crippen LogP contribution in [0.5, 0.6) is 0 Å². The van der Waals surface area contributed by atoms with Crippen molar-refractivity contribution >= 4 is 18.5 Å². The van der Waals surface area contributed by atoms with E-state index in [1.54, 1.807) is 5.30 Å². The second-order valence-corrected chi connectivity index (χ2v) is 19.6. The summed E-state index contributed by atoms with van der Waals surface area (Å²) in [7, 11) is -0.748. The lowest BCUT2D eigenvalue weighted by Gasteiger charge is -2.37. The van der Waals surface area contributed by atoms with Gasteiger partial charge in [0.2, 0.25) is 0 Å². The van der Waals surface area contributed by atoms with Gasteiger partial charge in [-0.15, -0.1) is 0 Å². The van der Waals surface area contributed by atoms with Crippen molar-refractivity contribution in [2.45, 2.75) is 145 Å². The Balaban J connectivity index is 2.33. The van der Waals surface area contributed by atoms with Gasteiger partial charge in [-0.05, 0) is 115 Å². The van der Waals surface area contributed by atoms with Crippen molar-refractivity contribution in [3.05, 3.63) is 106 Å². The van der Waals surface area contributed by atoms with Gasteiger partial charge in [0.1, 0.15) is 0 Å². The maximum absolute atomic E-state index is 2.53. The minimum Gasteiger partial charge on any atom is -0.0622 e. The van der Waals surface area contributed by atoms with Crippen LogP contribution in [0.3, 0.4) is 0 Å². The second-order valence-electron chi connectivity index (χ2n) is 16.6. The van der Waals surface area contributed by atoms with Gasteiger partial charge in [-0.3, -0.25) is 0 Å². The van der Waals surface area contributed by atoms with Crippen LogP contribution in [0.25, 0.3) is 22.3 Å². The predicted octanol–water partition coefficient (Wildman–Crippen LogP) is 14.0. The first-order valence-electron chi connectivity index (χ1n) is 18.3. The van der Waals surface area contributed by atoms with E-state index >= 15 is 0 Å². The molecule has 0 aliphatic carbocycles. The molecule has 0 nitrogen and oxygen atoms in total. The van der Waals surface area contributed by atoms with Crippen molar-refractivity contribution in [3.63, 3.8) is 0 Å². The first kappa shape index (κ1) is 37.1. The molecule has 0 bridgehead atoms. The zero-order chi connectivity index (χ0) is 35.0. The minimum atomic E-state index is -0.748. The molecular weight excluding hydrogens is 583 g/mol. The van der Waals surface area contributed by atoms with Crippen LogP contribution < -0.4 is 10.6 Å². The van der Waals surface area contributed by atoms with Crippen LogP contribution >= 0.6 is 7.92 Å². The molecule has 1 atom stereocenters. The van der Waals surface area contributed by atoms with Gasteiger partial charge >= 0.3 is 0 Å². The van der Waals surface area contributed by atoms with E-state index in [0.29, 0.717) is 35.5 Å². The number of hydrogen-bond donors (Lipinski definition) is 0. The fraction of sp³-hybridized carbons (Fsp3) is 0.478. The van der Waals surface area contributed by atoms with Gasteiger partial charge in [0, 0.05) is 0 Å². The molecule has 0 fully saturated rings. The minimum absolute atomic E-state index is 0.0449. The smallest absolute Gasteiger partial charge is 0.00334 e. The third-order valence-electron chi connectivity index (χ3n) is 9.75. The van der Waals surface area contributed by atoms with E-state index in [-0.39, 0.29) is 5.16 Å². The van der Waals surface area contributed by atoms with E-state index in [0.717, 1.165) is 0 Å². The predicted molar refractivity (Wildman–Crippen MR) is 214 cm³/mol. The maximum Gasteiger partial charge on any atom is -0.00334 e. The molecule has 0 aromatic heterocycles. The fourth-order valence-electron chi connectivity index (χ4n) is 7.15. The molecule has 0 saturated carbocycles. The molecule has 47 heavy (non-hydrogen) atoms. The quantitative estimate of drug-likeness (QED) is 0.150. The van der Waals surface area contributed by atoms with Gasteiger partial charge in [0.05, 0.1) is 0 Å². The molecule has 0 saturated heterocycles. The molecule has 0 heterocycles. The third kappa shape index (κ3) is 7.81. The average Bonchev–Trinajstić information content (AvgIpc) is 2.99. The lowest BCUT2D eigenvalue weighted by atomic mass is 9.79. The van der Waals surface area contributed by atoms with Crippen LogP contribution in [0.4, 0.5) is 0 Å². The summed E-state index contributed by atoms with van der Waals surface area (Å²) >= 11 is 0. The average molecular weight is 647 g/mol. The second kappa shape index (κ2) is 14.8. The summed E-state index contributed by atoms with van der Waals surface area (Å²) in [5, 5.41) is 3.04. The summed E-state index contributed by atoms with van der Waals surface area (Å²) in [5.41, 5.74) is 14.7. The highest BCUT2D eigenvalue weighted by Gasteiger charge is 2.35. The molecule has 4 aromatic carbocycles. The molecule has 0 aliphatic rings. The topological polar surface area (TPSA) is 0 Å². The van der Waals surface area contributed by atoms with Crippen LogP contribution in [0.15, 0.2) is 72.8 Å². The highest BCUT2D eigenvalue weighted by Crippen LogP contribution is 2.54. The summed E-state index contributed by atoms with van der Waals surface area (Å²) in [6, 6.07) is 28.9. The summed E-state index contributed by atoms with van der Waals surface area (Å²) in [6.45, 7) is 35.9. The first-order valence-corrected chi connectivity index (χ1v) is 19.6. The van der Waals surface area contributed by atoms with Gasteiger partial charge in [-0.2, -0.15) is 0 Å². The number of benzene rings is 4. The van der Waals surface area contributed by atoms with Crippen LogP contribution in [0.1, 0.15) is 173 Å². The molecule has 4 aromatic rings. The molecule has 4 rings (SSSR count). The molecule has 0 N–H and O–H groups in total. The van der Waals surface area contributed by atoms with Crippen molar-refractivity contribution in [2.24, 2.45) is 0 Å². The Morgan fingerprint density at radius 2 is 0.766 bits per heavy atom. The molecule has 1 unspecified atom stereocenters. The van der Waals surface area contributed by atoms with E-state index < -0.39 is 7.92 Å². The van der Waals surface area contributed by atoms with E-state index in [1.807, 2.05) is 0 Å². The van der Waals surface area contributed by atoms with Crippen LogP contribution in [0, 0.1) is 0 Å². The SMILES string of the molecule is CC(C)c1cc(C(C)C)c(-c2cccc(-c3c(C(C)C)cc(C(C)C)cc3C(C)C)c2P(c2ccccc2)C(C)(C)C)c(C(C)C)c1. The van der Waals surface area contributed by atoms with Crippen molar-refractivity contribution in [1.29, 1.82) is 0 Å². The lowest BCUT2D eigenvalue weighted by molar-refractivity contribution is 0.793. The molecule has 0 aliphatic heterocycles. The standard InChI is InChI=1S/C46H63P/c1-28(2)34-24-39(30(5)6)43(40(25-34)31(7)8)37-22-19-23-38(45(37)47(46(13,14)15)36-20-17-16-18-21-36)44-41(32(9)10)26-35(29(3)4)27-42(44)33(11)12/h16-33H,1-15H3. The van der Waals surface area contributed by atoms with E-state index in [2.05, 4.69) is 177 Å². The van der Waals surface area contributed by atoms with Gasteiger partial charge < -0.3 is 0 Å². The Bertz CT molecular complexity index is 1510. The molecule has 0 spiro atoms. The third-order valence-corrected chi connectivity index (χ3v) is 12.8. The molecule has 0 amide bonds. The largest absolute Gasteiger partial charge is 0.0622 e. The van der Waals surface area contributed by atoms with Crippen LogP contribution in [-0.2, 0) is 0 Å². The monoisotopic (exact) mass is 646 g/mol. The van der Waals surface area contributed by atoms with Crippen molar-refractivity contribution in [2.75, 3.05) is 0 Å². The summed E-state index contributed by atoms with van der Waals surface area (Å²) < 4.78 is 0. The fourth-order valence-corrected chi connectivity index (χ4v) is 10.2. The number of hydrogen-bond acceptors (Lipinski definition) is 0. The molecule has 252 valence electrons. The van der Waals surface area contributed by atoms with Crippen molar-refractivity contribution in [1.82, 2.24) is 0 Å².